The van der Waals surface area contributed by atoms with Gasteiger partial charge in [0.15, 0.2) is 0 Å². The van der Waals surface area contributed by atoms with E-state index in [4.69, 9.17) is 16.7 Å². The van der Waals surface area contributed by atoms with E-state index >= 15 is 0 Å². The van der Waals surface area contributed by atoms with Gasteiger partial charge in [-0.05, 0) is 31.5 Å². The summed E-state index contributed by atoms with van der Waals surface area (Å²) in [6, 6.07) is 3.75. The highest BCUT2D eigenvalue weighted by Crippen LogP contribution is 2.28. The number of anilines is 1. The van der Waals surface area contributed by atoms with Crippen LogP contribution in [0.15, 0.2) is 18.2 Å². The van der Waals surface area contributed by atoms with Gasteiger partial charge in [-0.3, -0.25) is 14.4 Å². The second-order valence-corrected chi connectivity index (χ2v) is 6.25. The normalized spacial score (nSPS) is 18.5. The average molecular weight is 357 g/mol. The van der Waals surface area contributed by atoms with Crippen molar-refractivity contribution in [2.45, 2.75) is 32.2 Å². The summed E-state index contributed by atoms with van der Waals surface area (Å²) in [5.74, 6) is -2.68. The Morgan fingerprint density at radius 2 is 2.21 bits per heavy atom. The minimum absolute atomic E-state index is 0.0295. The molecule has 0 radical (unpaired) electrons. The first-order valence-electron chi connectivity index (χ1n) is 7.55. The van der Waals surface area contributed by atoms with E-state index in [9.17, 15) is 18.8 Å². The molecule has 0 spiro atoms. The Bertz CT molecular complexity index is 667. The minimum Gasteiger partial charge on any atom is -0.481 e. The third-order valence-corrected chi connectivity index (χ3v) is 4.20. The van der Waals surface area contributed by atoms with E-state index in [1.165, 1.54) is 17.0 Å². The molecule has 2 atom stereocenters. The molecule has 130 valence electrons. The first kappa shape index (κ1) is 18.2. The SMILES string of the molecule is CC(CCC(=O)O)NC(=O)C1CC(=O)N(c2ccc(Cl)c(F)c2)C1. The van der Waals surface area contributed by atoms with Crippen LogP contribution in [0.5, 0.6) is 0 Å². The molecule has 24 heavy (non-hydrogen) atoms. The summed E-state index contributed by atoms with van der Waals surface area (Å²) in [5.41, 5.74) is 0.358. The predicted molar refractivity (Wildman–Crippen MR) is 86.3 cm³/mol. The van der Waals surface area contributed by atoms with Crippen molar-refractivity contribution in [3.8, 4) is 0 Å². The molecule has 0 aromatic heterocycles. The first-order valence-corrected chi connectivity index (χ1v) is 7.93. The molecule has 1 aliphatic heterocycles. The van der Waals surface area contributed by atoms with Gasteiger partial charge in [0.1, 0.15) is 5.82 Å². The van der Waals surface area contributed by atoms with Crippen molar-refractivity contribution in [3.05, 3.63) is 29.0 Å². The fraction of sp³-hybridized carbons (Fsp3) is 0.438. The molecule has 2 amide bonds. The highest BCUT2D eigenvalue weighted by molar-refractivity contribution is 6.30. The second kappa shape index (κ2) is 7.61. The zero-order chi connectivity index (χ0) is 17.9. The number of carbonyl (C=O) groups is 3. The Labute approximate surface area is 143 Å². The van der Waals surface area contributed by atoms with Crippen LogP contribution in [0.25, 0.3) is 0 Å². The molecule has 0 saturated carbocycles. The van der Waals surface area contributed by atoms with Gasteiger partial charge in [-0.2, -0.15) is 0 Å². The standard InChI is InChI=1S/C16H18ClFN2O4/c1-9(2-5-15(22)23)19-16(24)10-6-14(21)20(8-10)11-3-4-12(17)13(18)7-11/h3-4,7,9-10H,2,5-6,8H2,1H3,(H,19,24)(H,22,23). The van der Waals surface area contributed by atoms with Gasteiger partial charge in [0.05, 0.1) is 10.9 Å². The van der Waals surface area contributed by atoms with Crippen molar-refractivity contribution in [2.75, 3.05) is 11.4 Å². The summed E-state index contributed by atoms with van der Waals surface area (Å²) < 4.78 is 13.5. The second-order valence-electron chi connectivity index (χ2n) is 5.85. The highest BCUT2D eigenvalue weighted by Gasteiger charge is 2.35. The number of hydrogen-bond acceptors (Lipinski definition) is 3. The van der Waals surface area contributed by atoms with E-state index in [-0.39, 0.29) is 42.3 Å². The van der Waals surface area contributed by atoms with Gasteiger partial charge >= 0.3 is 5.97 Å². The minimum atomic E-state index is -0.928. The largest absolute Gasteiger partial charge is 0.481 e. The van der Waals surface area contributed by atoms with Crippen LogP contribution in [0.3, 0.4) is 0 Å². The Balaban J connectivity index is 1.97. The number of carbonyl (C=O) groups excluding carboxylic acids is 2. The molecule has 2 rings (SSSR count). The molecule has 0 aliphatic carbocycles. The predicted octanol–water partition coefficient (Wildman–Crippen LogP) is 2.20. The monoisotopic (exact) mass is 356 g/mol. The van der Waals surface area contributed by atoms with E-state index in [2.05, 4.69) is 5.32 Å². The van der Waals surface area contributed by atoms with Crippen molar-refractivity contribution < 1.29 is 23.9 Å². The number of rotatable bonds is 6. The van der Waals surface area contributed by atoms with Crippen LogP contribution < -0.4 is 10.2 Å². The van der Waals surface area contributed by atoms with E-state index in [0.29, 0.717) is 12.1 Å². The average Bonchev–Trinajstić information content (AvgIpc) is 2.90. The Morgan fingerprint density at radius 3 is 2.83 bits per heavy atom. The number of benzene rings is 1. The van der Waals surface area contributed by atoms with Gasteiger partial charge in [-0.15, -0.1) is 0 Å². The van der Waals surface area contributed by atoms with Gasteiger partial charge in [0.2, 0.25) is 11.8 Å². The number of nitrogens with one attached hydrogen (secondary N) is 1. The summed E-state index contributed by atoms with van der Waals surface area (Å²) >= 11 is 5.63. The maximum atomic E-state index is 13.5. The topological polar surface area (TPSA) is 86.7 Å². The van der Waals surface area contributed by atoms with Gasteiger partial charge < -0.3 is 15.3 Å². The lowest BCUT2D eigenvalue weighted by Crippen LogP contribution is -2.38. The summed E-state index contributed by atoms with van der Waals surface area (Å²) in [5, 5.41) is 11.3. The third kappa shape index (κ3) is 4.44. The Kier molecular flexibility index (Phi) is 5.77. The molecule has 1 heterocycles. The molecule has 8 heteroatoms. The van der Waals surface area contributed by atoms with Crippen LogP contribution in [-0.2, 0) is 14.4 Å². The third-order valence-electron chi connectivity index (χ3n) is 3.89. The number of hydrogen-bond donors (Lipinski definition) is 2. The van der Waals surface area contributed by atoms with Crippen LogP contribution >= 0.6 is 11.6 Å². The molecule has 1 saturated heterocycles. The summed E-state index contributed by atoms with van der Waals surface area (Å²) in [7, 11) is 0. The zero-order valence-corrected chi connectivity index (χ0v) is 13.8. The molecule has 0 bridgehead atoms. The molecule has 1 aliphatic rings. The fourth-order valence-electron chi connectivity index (χ4n) is 2.56. The zero-order valence-electron chi connectivity index (χ0n) is 13.1. The van der Waals surface area contributed by atoms with Crippen molar-refractivity contribution in [1.29, 1.82) is 0 Å². The number of carboxylic acid groups (broad SMARTS) is 1. The Hall–Kier alpha value is -2.15. The lowest BCUT2D eigenvalue weighted by Gasteiger charge is -2.18. The molecule has 1 aromatic rings. The maximum Gasteiger partial charge on any atom is 0.303 e. The number of carboxylic acids is 1. The molecule has 6 nitrogen and oxygen atoms in total. The molecular formula is C16H18ClFN2O4. The fourth-order valence-corrected chi connectivity index (χ4v) is 2.68. The smallest absolute Gasteiger partial charge is 0.303 e. The van der Waals surface area contributed by atoms with E-state index in [1.54, 1.807) is 6.92 Å². The summed E-state index contributed by atoms with van der Waals surface area (Å²) in [6.07, 6.45) is 0.302. The van der Waals surface area contributed by atoms with Gasteiger partial charge in [-0.25, -0.2) is 4.39 Å². The van der Waals surface area contributed by atoms with Crippen molar-refractivity contribution in [3.63, 3.8) is 0 Å². The van der Waals surface area contributed by atoms with Crippen molar-refractivity contribution in [1.82, 2.24) is 5.32 Å². The van der Waals surface area contributed by atoms with Gasteiger partial charge in [-0.1, -0.05) is 11.6 Å². The van der Waals surface area contributed by atoms with Crippen LogP contribution in [0.1, 0.15) is 26.2 Å². The first-order chi connectivity index (χ1) is 11.3. The summed E-state index contributed by atoms with van der Waals surface area (Å²) in [4.78, 5) is 36.2. The van der Waals surface area contributed by atoms with Crippen LogP contribution in [0, 0.1) is 11.7 Å². The number of halogens is 2. The maximum absolute atomic E-state index is 13.5. The lowest BCUT2D eigenvalue weighted by atomic mass is 10.1. The van der Waals surface area contributed by atoms with Gasteiger partial charge in [0.25, 0.3) is 0 Å². The van der Waals surface area contributed by atoms with Crippen molar-refractivity contribution in [2.24, 2.45) is 5.92 Å². The highest BCUT2D eigenvalue weighted by atomic mass is 35.5. The van der Waals surface area contributed by atoms with Crippen LogP contribution in [-0.4, -0.2) is 35.5 Å². The number of nitrogens with zero attached hydrogens (tertiary/aromatic N) is 1. The molecular weight excluding hydrogens is 339 g/mol. The van der Waals surface area contributed by atoms with Crippen LogP contribution in [0.4, 0.5) is 10.1 Å². The Morgan fingerprint density at radius 1 is 1.50 bits per heavy atom. The van der Waals surface area contributed by atoms with E-state index in [0.717, 1.165) is 6.07 Å². The quantitative estimate of drug-likeness (QED) is 0.818. The number of amides is 2. The molecule has 2 unspecified atom stereocenters. The van der Waals surface area contributed by atoms with E-state index < -0.39 is 17.7 Å². The lowest BCUT2D eigenvalue weighted by molar-refractivity contribution is -0.137. The molecule has 2 N–H and O–H groups in total. The van der Waals surface area contributed by atoms with Gasteiger partial charge in [0, 0.05) is 31.1 Å². The van der Waals surface area contributed by atoms with Crippen molar-refractivity contribution >= 4 is 35.1 Å². The van der Waals surface area contributed by atoms with E-state index in [1.807, 2.05) is 0 Å². The molecule has 1 fully saturated rings. The summed E-state index contributed by atoms with van der Waals surface area (Å²) in [6.45, 7) is 1.86. The van der Waals surface area contributed by atoms with Crippen LogP contribution in [0.2, 0.25) is 5.02 Å². The number of aliphatic carboxylic acids is 1. The molecule has 1 aromatic carbocycles.